The largest absolute Gasteiger partial charge is 0.507 e. The summed E-state index contributed by atoms with van der Waals surface area (Å²) in [6, 6.07) is 7.56. The first-order chi connectivity index (χ1) is 12.3. The van der Waals surface area contributed by atoms with Gasteiger partial charge in [0.15, 0.2) is 5.78 Å². The number of aromatic amines is 1. The lowest BCUT2D eigenvalue weighted by Gasteiger charge is -2.04. The van der Waals surface area contributed by atoms with E-state index in [4.69, 9.17) is 5.73 Å². The maximum absolute atomic E-state index is 12.2. The summed E-state index contributed by atoms with van der Waals surface area (Å²) >= 11 is 0. The minimum atomic E-state index is -0.684. The third-order valence-electron chi connectivity index (χ3n) is 3.39. The number of aryl methyl sites for hydroxylation is 1. The summed E-state index contributed by atoms with van der Waals surface area (Å²) < 4.78 is 0. The van der Waals surface area contributed by atoms with E-state index in [9.17, 15) is 24.3 Å². The molecule has 2 amide bonds. The maximum atomic E-state index is 12.2. The van der Waals surface area contributed by atoms with Crippen molar-refractivity contribution >= 4 is 23.7 Å². The normalized spacial score (nSPS) is 10.7. The molecule has 0 aliphatic carbocycles. The van der Waals surface area contributed by atoms with E-state index in [-0.39, 0.29) is 17.7 Å². The first kappa shape index (κ1) is 18.7. The molecule has 8 nitrogen and oxygen atoms in total. The van der Waals surface area contributed by atoms with Crippen molar-refractivity contribution in [3.05, 3.63) is 69.1 Å². The summed E-state index contributed by atoms with van der Waals surface area (Å²) in [5.41, 5.74) is 5.15. The summed E-state index contributed by atoms with van der Waals surface area (Å²) in [5.74, 6) is -2.23. The Kier molecular flexibility index (Phi) is 5.69. The van der Waals surface area contributed by atoms with Crippen LogP contribution in [0.5, 0.6) is 5.75 Å². The van der Waals surface area contributed by atoms with Gasteiger partial charge in [-0.25, -0.2) is 0 Å². The van der Waals surface area contributed by atoms with Gasteiger partial charge in [0.1, 0.15) is 11.3 Å². The van der Waals surface area contributed by atoms with Gasteiger partial charge < -0.3 is 21.1 Å². The summed E-state index contributed by atoms with van der Waals surface area (Å²) in [6.45, 7) is 1.30. The molecule has 134 valence electrons. The van der Waals surface area contributed by atoms with Crippen LogP contribution in [0.15, 0.2) is 41.2 Å². The highest BCUT2D eigenvalue weighted by Gasteiger charge is 2.14. The summed E-state index contributed by atoms with van der Waals surface area (Å²) in [5, 5.41) is 12.1. The van der Waals surface area contributed by atoms with Crippen molar-refractivity contribution in [2.75, 3.05) is 6.54 Å². The number of allylic oxidation sites excluding steroid dienone is 1. The van der Waals surface area contributed by atoms with Crippen LogP contribution in [0.1, 0.15) is 32.0 Å². The Labute approximate surface area is 148 Å². The zero-order chi connectivity index (χ0) is 19.3. The van der Waals surface area contributed by atoms with Crippen LogP contribution in [0.25, 0.3) is 6.08 Å². The van der Waals surface area contributed by atoms with E-state index in [0.29, 0.717) is 11.3 Å². The van der Waals surface area contributed by atoms with E-state index in [0.717, 1.165) is 6.08 Å². The molecule has 0 aliphatic heterocycles. The van der Waals surface area contributed by atoms with E-state index in [1.807, 2.05) is 0 Å². The van der Waals surface area contributed by atoms with E-state index in [1.165, 1.54) is 24.3 Å². The highest BCUT2D eigenvalue weighted by molar-refractivity contribution is 6.08. The fourth-order valence-electron chi connectivity index (χ4n) is 2.22. The van der Waals surface area contributed by atoms with E-state index in [2.05, 4.69) is 10.3 Å². The molecular weight excluding hydrogens is 338 g/mol. The molecule has 1 heterocycles. The molecule has 0 fully saturated rings. The standard InChI is InChI=1S/C18H17N3O5/c1-10-7-14(23)16(18(26)21-10)13(22)6-5-11-3-2-4-12(8-11)17(25)20-9-15(19)24/h2-8H,9H2,1H3,(H2,19,24)(H,20,25)(H2,21,23,26). The predicted molar refractivity (Wildman–Crippen MR) is 94.8 cm³/mol. The zero-order valence-electron chi connectivity index (χ0n) is 13.9. The number of aromatic hydroxyl groups is 1. The number of hydrogen-bond acceptors (Lipinski definition) is 5. The summed E-state index contributed by atoms with van der Waals surface area (Å²) in [6.07, 6.45) is 2.53. The first-order valence-corrected chi connectivity index (χ1v) is 7.60. The quantitative estimate of drug-likeness (QED) is 0.441. The van der Waals surface area contributed by atoms with Gasteiger partial charge in [0.05, 0.1) is 6.54 Å². The number of carbonyl (C=O) groups is 3. The van der Waals surface area contributed by atoms with Crippen LogP contribution in [0, 0.1) is 6.92 Å². The Hall–Kier alpha value is -3.68. The highest BCUT2D eigenvalue weighted by Crippen LogP contribution is 2.15. The molecule has 2 aromatic rings. The van der Waals surface area contributed by atoms with E-state index in [1.54, 1.807) is 19.1 Å². The van der Waals surface area contributed by atoms with Crippen LogP contribution in [0.2, 0.25) is 0 Å². The summed E-state index contributed by atoms with van der Waals surface area (Å²) in [7, 11) is 0. The van der Waals surface area contributed by atoms with Crippen molar-refractivity contribution in [3.63, 3.8) is 0 Å². The number of nitrogens with one attached hydrogen (secondary N) is 2. The fraction of sp³-hybridized carbons (Fsp3) is 0.111. The average Bonchev–Trinajstić information content (AvgIpc) is 2.57. The first-order valence-electron chi connectivity index (χ1n) is 7.60. The van der Waals surface area contributed by atoms with Gasteiger partial charge in [-0.15, -0.1) is 0 Å². The Bertz CT molecular complexity index is 960. The van der Waals surface area contributed by atoms with Gasteiger partial charge in [0.2, 0.25) is 5.91 Å². The molecule has 5 N–H and O–H groups in total. The molecule has 0 radical (unpaired) electrons. The van der Waals surface area contributed by atoms with Gasteiger partial charge in [0, 0.05) is 11.3 Å². The number of H-pyrrole nitrogens is 1. The second-order valence-electron chi connectivity index (χ2n) is 5.51. The van der Waals surface area contributed by atoms with E-state index < -0.39 is 28.9 Å². The van der Waals surface area contributed by atoms with Crippen molar-refractivity contribution in [2.24, 2.45) is 5.73 Å². The number of hydrogen-bond donors (Lipinski definition) is 4. The van der Waals surface area contributed by atoms with Gasteiger partial charge in [0.25, 0.3) is 11.5 Å². The van der Waals surface area contributed by atoms with Crippen LogP contribution >= 0.6 is 0 Å². The van der Waals surface area contributed by atoms with Crippen molar-refractivity contribution < 1.29 is 19.5 Å². The molecule has 0 atom stereocenters. The van der Waals surface area contributed by atoms with Gasteiger partial charge in [-0.05, 0) is 36.8 Å². The van der Waals surface area contributed by atoms with Gasteiger partial charge in [-0.3, -0.25) is 19.2 Å². The van der Waals surface area contributed by atoms with Crippen molar-refractivity contribution in [3.8, 4) is 5.75 Å². The van der Waals surface area contributed by atoms with Crippen molar-refractivity contribution in [2.45, 2.75) is 6.92 Å². The lowest BCUT2D eigenvalue weighted by molar-refractivity contribution is -0.117. The number of pyridine rings is 1. The molecule has 0 saturated carbocycles. The molecule has 1 aromatic carbocycles. The molecule has 0 bridgehead atoms. The fourth-order valence-corrected chi connectivity index (χ4v) is 2.22. The number of amides is 2. The van der Waals surface area contributed by atoms with Crippen LogP contribution in [-0.2, 0) is 4.79 Å². The Morgan fingerprint density at radius 3 is 2.65 bits per heavy atom. The predicted octanol–water partition coefficient (Wildman–Crippen LogP) is 0.500. The molecule has 0 spiro atoms. The van der Waals surface area contributed by atoms with Gasteiger partial charge >= 0.3 is 0 Å². The minimum absolute atomic E-state index is 0.275. The van der Waals surface area contributed by atoms with Crippen LogP contribution in [0.3, 0.4) is 0 Å². The van der Waals surface area contributed by atoms with Crippen molar-refractivity contribution in [1.82, 2.24) is 10.3 Å². The third-order valence-corrected chi connectivity index (χ3v) is 3.39. The van der Waals surface area contributed by atoms with Gasteiger partial charge in [-0.1, -0.05) is 18.2 Å². The monoisotopic (exact) mass is 355 g/mol. The smallest absolute Gasteiger partial charge is 0.263 e. The maximum Gasteiger partial charge on any atom is 0.263 e. The number of rotatable bonds is 6. The number of ketones is 1. The van der Waals surface area contributed by atoms with E-state index >= 15 is 0 Å². The Balaban J connectivity index is 2.20. The SMILES string of the molecule is Cc1cc(O)c(C(=O)C=Cc2cccc(C(=O)NCC(N)=O)c2)c(=O)[nH]1. The number of nitrogens with two attached hydrogens (primary N) is 1. The van der Waals surface area contributed by atoms with Gasteiger partial charge in [-0.2, -0.15) is 0 Å². The minimum Gasteiger partial charge on any atom is -0.507 e. The topological polar surface area (TPSA) is 142 Å². The van der Waals surface area contributed by atoms with Crippen LogP contribution in [0.4, 0.5) is 0 Å². The number of carbonyl (C=O) groups excluding carboxylic acids is 3. The highest BCUT2D eigenvalue weighted by atomic mass is 16.3. The van der Waals surface area contributed by atoms with Crippen molar-refractivity contribution in [1.29, 1.82) is 0 Å². The molecule has 0 saturated heterocycles. The Morgan fingerprint density at radius 1 is 1.27 bits per heavy atom. The van der Waals surface area contributed by atoms with Crippen LogP contribution < -0.4 is 16.6 Å². The van der Waals surface area contributed by atoms with Crippen LogP contribution in [-0.4, -0.2) is 34.2 Å². The Morgan fingerprint density at radius 2 is 2.00 bits per heavy atom. The second-order valence-corrected chi connectivity index (χ2v) is 5.51. The third kappa shape index (κ3) is 4.67. The molecule has 2 rings (SSSR count). The second kappa shape index (κ2) is 7.93. The number of benzene rings is 1. The zero-order valence-corrected chi connectivity index (χ0v) is 13.9. The molecule has 26 heavy (non-hydrogen) atoms. The average molecular weight is 355 g/mol. The molecule has 1 aromatic heterocycles. The number of primary amides is 1. The molecule has 0 unspecified atom stereocenters. The lowest BCUT2D eigenvalue weighted by Crippen LogP contribution is -2.33. The number of aromatic nitrogens is 1. The lowest BCUT2D eigenvalue weighted by atomic mass is 10.1. The molecule has 8 heteroatoms. The molecular formula is C18H17N3O5. The summed E-state index contributed by atoms with van der Waals surface area (Å²) in [4.78, 5) is 49.0. The molecule has 0 aliphatic rings.